The number of carboxylic acids is 1. The normalized spacial score (nSPS) is 12.0. The van der Waals surface area contributed by atoms with Crippen molar-refractivity contribution in [2.75, 3.05) is 5.73 Å². The van der Waals surface area contributed by atoms with Crippen LogP contribution in [0.15, 0.2) is 146 Å². The summed E-state index contributed by atoms with van der Waals surface area (Å²) in [5.74, 6) is -0.551. The van der Waals surface area contributed by atoms with E-state index in [0.29, 0.717) is 17.2 Å². The lowest BCUT2D eigenvalue weighted by molar-refractivity contribution is 0.0696. The van der Waals surface area contributed by atoms with Crippen molar-refractivity contribution in [1.29, 1.82) is 0 Å². The predicted octanol–water partition coefficient (Wildman–Crippen LogP) is 7.65. The van der Waals surface area contributed by atoms with Crippen molar-refractivity contribution in [3.63, 3.8) is 0 Å². The minimum atomic E-state index is -1.03. The second-order valence-corrected chi connectivity index (χ2v) is 10.0. The van der Waals surface area contributed by atoms with Crippen LogP contribution in [-0.4, -0.2) is 21.0 Å². The van der Waals surface area contributed by atoms with Crippen molar-refractivity contribution < 1.29 is 14.6 Å². The quantitative estimate of drug-likeness (QED) is 0.127. The zero-order valence-corrected chi connectivity index (χ0v) is 22.7. The van der Waals surface area contributed by atoms with Crippen LogP contribution in [0.2, 0.25) is 0 Å². The van der Waals surface area contributed by atoms with Gasteiger partial charge in [0.1, 0.15) is 11.5 Å². The number of carbonyl (C=O) groups is 1. The Labute approximate surface area is 244 Å². The first-order valence-corrected chi connectivity index (χ1v) is 13.6. The first-order chi connectivity index (χ1) is 20.6. The van der Waals surface area contributed by atoms with Crippen LogP contribution in [0.4, 0.5) is 5.69 Å². The van der Waals surface area contributed by atoms with Gasteiger partial charge in [-0.15, -0.1) is 0 Å². The fourth-order valence-electron chi connectivity index (χ4n) is 5.91. The number of anilines is 1. The van der Waals surface area contributed by atoms with Crippen molar-refractivity contribution in [2.24, 2.45) is 0 Å². The van der Waals surface area contributed by atoms with Crippen LogP contribution < -0.4 is 10.5 Å². The number of benzene rings is 5. The zero-order valence-electron chi connectivity index (χ0n) is 22.7. The molecule has 0 aliphatic carbocycles. The van der Waals surface area contributed by atoms with Gasteiger partial charge in [-0.2, -0.15) is 0 Å². The largest absolute Gasteiger partial charge is 0.478 e. The maximum Gasteiger partial charge on any atom is 0.335 e. The highest BCUT2D eigenvalue weighted by Gasteiger charge is 2.47. The van der Waals surface area contributed by atoms with E-state index in [1.54, 1.807) is 18.5 Å². The average molecular weight is 552 g/mol. The van der Waals surface area contributed by atoms with E-state index >= 15 is 0 Å². The Hall–Kier alpha value is -5.62. The highest BCUT2D eigenvalue weighted by Crippen LogP contribution is 2.55. The number of nitrogen functional groups attached to an aromatic ring is 1. The molecule has 0 aliphatic heterocycles. The summed E-state index contributed by atoms with van der Waals surface area (Å²) >= 11 is 0. The van der Waals surface area contributed by atoms with Crippen molar-refractivity contribution in [3.8, 4) is 11.5 Å². The fourth-order valence-corrected chi connectivity index (χ4v) is 5.91. The van der Waals surface area contributed by atoms with Crippen LogP contribution in [0.1, 0.15) is 44.2 Å². The van der Waals surface area contributed by atoms with Crippen LogP contribution in [0.25, 0.3) is 0 Å². The first kappa shape index (κ1) is 26.6. The molecule has 0 amide bonds. The Morgan fingerprint density at radius 1 is 0.762 bits per heavy atom. The van der Waals surface area contributed by atoms with Gasteiger partial charge in [-0.1, -0.05) is 103 Å². The molecule has 6 rings (SSSR count). The topological polar surface area (TPSA) is 101 Å². The average Bonchev–Trinajstić information content (AvgIpc) is 3.57. The highest BCUT2D eigenvalue weighted by atomic mass is 16.5. The van der Waals surface area contributed by atoms with Gasteiger partial charge in [0.2, 0.25) is 0 Å². The van der Waals surface area contributed by atoms with Gasteiger partial charge in [0.15, 0.2) is 0 Å². The standard InChI is InChI=1S/C36H29N3O3/c37-30-20-11-21-32(42-29-19-10-12-25(22-29)35(40)41)33(30)34(31-23-38-24-39-31)36(26-13-4-1-5-14-26,27-15-6-2-7-16-27)28-17-8-3-9-18-28/h1-24,34H,37H2,(H,38,39)(H,40,41). The molecule has 0 radical (unpaired) electrons. The molecular weight excluding hydrogens is 522 g/mol. The summed E-state index contributed by atoms with van der Waals surface area (Å²) < 4.78 is 6.49. The second-order valence-electron chi connectivity index (χ2n) is 10.0. The Morgan fingerprint density at radius 3 is 1.86 bits per heavy atom. The molecule has 1 heterocycles. The SMILES string of the molecule is Nc1cccc(Oc2cccc(C(=O)O)c2)c1C(c1cnc[nH]1)C(c1ccccc1)(c1ccccc1)c1ccccc1. The lowest BCUT2D eigenvalue weighted by Crippen LogP contribution is -2.38. The minimum absolute atomic E-state index is 0.135. The Balaban J connectivity index is 1.70. The molecule has 1 unspecified atom stereocenters. The van der Waals surface area contributed by atoms with E-state index < -0.39 is 17.3 Å². The molecule has 1 aromatic heterocycles. The highest BCUT2D eigenvalue weighted by molar-refractivity contribution is 5.88. The number of imidazole rings is 1. The van der Waals surface area contributed by atoms with Gasteiger partial charge in [-0.25, -0.2) is 9.78 Å². The predicted molar refractivity (Wildman–Crippen MR) is 164 cm³/mol. The van der Waals surface area contributed by atoms with Gasteiger partial charge in [0.05, 0.1) is 17.3 Å². The van der Waals surface area contributed by atoms with E-state index in [1.807, 2.05) is 79.0 Å². The number of aromatic amines is 1. The summed E-state index contributed by atoms with van der Waals surface area (Å²) in [5.41, 5.74) is 11.5. The number of nitrogens with zero attached hydrogens (tertiary/aromatic N) is 1. The van der Waals surface area contributed by atoms with Crippen molar-refractivity contribution in [1.82, 2.24) is 9.97 Å². The number of aromatic nitrogens is 2. The fraction of sp³-hybridized carbons (Fsp3) is 0.0556. The number of ether oxygens (including phenoxy) is 1. The molecule has 42 heavy (non-hydrogen) atoms. The molecule has 0 saturated carbocycles. The summed E-state index contributed by atoms with van der Waals surface area (Å²) in [4.78, 5) is 19.5. The van der Waals surface area contributed by atoms with Gasteiger partial charge >= 0.3 is 5.97 Å². The number of carboxylic acid groups (broad SMARTS) is 1. The zero-order chi connectivity index (χ0) is 28.9. The summed E-state index contributed by atoms with van der Waals surface area (Å²) in [7, 11) is 0. The van der Waals surface area contributed by atoms with E-state index in [2.05, 4.69) is 46.4 Å². The molecule has 6 aromatic rings. The van der Waals surface area contributed by atoms with E-state index in [-0.39, 0.29) is 5.56 Å². The molecule has 0 saturated heterocycles. The van der Waals surface area contributed by atoms with Crippen LogP contribution >= 0.6 is 0 Å². The first-order valence-electron chi connectivity index (χ1n) is 13.6. The van der Waals surface area contributed by atoms with Gasteiger partial charge in [0, 0.05) is 29.1 Å². The molecule has 0 spiro atoms. The summed E-state index contributed by atoms with van der Waals surface area (Å²) in [5, 5.41) is 9.59. The molecule has 5 aromatic carbocycles. The number of rotatable bonds is 9. The molecule has 6 nitrogen and oxygen atoms in total. The third-order valence-electron chi connectivity index (χ3n) is 7.65. The lowest BCUT2D eigenvalue weighted by Gasteiger charge is -2.43. The van der Waals surface area contributed by atoms with Crippen LogP contribution in [-0.2, 0) is 5.41 Å². The van der Waals surface area contributed by atoms with E-state index in [4.69, 9.17) is 10.5 Å². The van der Waals surface area contributed by atoms with Crippen LogP contribution in [0.5, 0.6) is 11.5 Å². The number of nitrogens with one attached hydrogen (secondary N) is 1. The lowest BCUT2D eigenvalue weighted by atomic mass is 9.58. The summed E-state index contributed by atoms with van der Waals surface area (Å²) in [6.07, 6.45) is 3.50. The van der Waals surface area contributed by atoms with Crippen LogP contribution in [0.3, 0.4) is 0 Å². The molecule has 0 aliphatic rings. The molecule has 4 N–H and O–H groups in total. The summed E-state index contributed by atoms with van der Waals surface area (Å²) in [6, 6.07) is 43.2. The third kappa shape index (κ3) is 4.80. The Bertz CT molecular complexity index is 1690. The second kappa shape index (κ2) is 11.5. The van der Waals surface area contributed by atoms with Crippen LogP contribution in [0, 0.1) is 0 Å². The Kier molecular flexibility index (Phi) is 7.26. The number of hydrogen-bond acceptors (Lipinski definition) is 4. The van der Waals surface area contributed by atoms with Gasteiger partial charge in [-0.3, -0.25) is 0 Å². The molecule has 0 bridgehead atoms. The molecule has 206 valence electrons. The van der Waals surface area contributed by atoms with E-state index in [1.165, 1.54) is 12.1 Å². The van der Waals surface area contributed by atoms with Gasteiger partial charge in [-0.05, 0) is 47.0 Å². The maximum absolute atomic E-state index is 11.7. The van der Waals surface area contributed by atoms with Crippen molar-refractivity contribution in [2.45, 2.75) is 11.3 Å². The number of hydrogen-bond donors (Lipinski definition) is 3. The van der Waals surface area contributed by atoms with Crippen molar-refractivity contribution >= 4 is 11.7 Å². The molecule has 6 heteroatoms. The summed E-state index contributed by atoms with van der Waals surface area (Å²) in [6.45, 7) is 0. The molecule has 1 atom stereocenters. The molecular formula is C36H29N3O3. The monoisotopic (exact) mass is 551 g/mol. The maximum atomic E-state index is 11.7. The van der Waals surface area contributed by atoms with Gasteiger partial charge in [0.25, 0.3) is 0 Å². The van der Waals surface area contributed by atoms with Crippen molar-refractivity contribution in [3.05, 3.63) is 179 Å². The van der Waals surface area contributed by atoms with E-state index in [9.17, 15) is 9.90 Å². The number of H-pyrrole nitrogens is 1. The van der Waals surface area contributed by atoms with Gasteiger partial charge < -0.3 is 20.6 Å². The minimum Gasteiger partial charge on any atom is -0.478 e. The number of aromatic carboxylic acids is 1. The smallest absolute Gasteiger partial charge is 0.335 e. The number of nitrogens with two attached hydrogens (primary N) is 1. The third-order valence-corrected chi connectivity index (χ3v) is 7.65. The van der Waals surface area contributed by atoms with E-state index in [0.717, 1.165) is 27.9 Å². The molecule has 0 fully saturated rings. The Morgan fingerprint density at radius 2 is 1.33 bits per heavy atom.